The summed E-state index contributed by atoms with van der Waals surface area (Å²) in [6.45, 7) is 3.67. The molecule has 0 rings (SSSR count). The van der Waals surface area contributed by atoms with Gasteiger partial charge in [0.15, 0.2) is 6.10 Å². The van der Waals surface area contributed by atoms with E-state index in [1.165, 1.54) is 122 Å². The number of hydrogen-bond acceptors (Lipinski definition) is 6. The Morgan fingerprint density at radius 2 is 0.833 bits per heavy atom. The predicted molar refractivity (Wildman–Crippen MR) is 225 cm³/mol. The lowest BCUT2D eigenvalue weighted by molar-refractivity contribution is -0.161. The highest BCUT2D eigenvalue weighted by Gasteiger charge is 2.22. The first-order chi connectivity index (χ1) is 26.3. The minimum atomic E-state index is -4.76. The molecule has 0 amide bonds. The third-order valence-corrected chi connectivity index (χ3v) is 10.1. The molecule has 0 aliphatic rings. The number of ether oxygens (including phenoxy) is 2. The maximum Gasteiger partial charge on any atom is 0.469 e. The first-order valence-electron chi connectivity index (χ1n) is 22.3. The monoisotopic (exact) mass is 783 g/mol. The number of unbranched alkanes of at least 4 members (excludes halogenated alkanes) is 25. The lowest BCUT2D eigenvalue weighted by Gasteiger charge is -2.18. The molecule has 0 saturated carbocycles. The van der Waals surface area contributed by atoms with Gasteiger partial charge in [-0.3, -0.25) is 14.1 Å². The van der Waals surface area contributed by atoms with E-state index >= 15 is 0 Å². The largest absolute Gasteiger partial charge is 0.469 e. The van der Waals surface area contributed by atoms with Gasteiger partial charge in [-0.1, -0.05) is 172 Å². The Morgan fingerprint density at radius 1 is 0.481 bits per heavy atom. The first-order valence-corrected chi connectivity index (χ1v) is 23.8. The van der Waals surface area contributed by atoms with Crippen molar-refractivity contribution in [3.8, 4) is 0 Å². The fourth-order valence-electron chi connectivity index (χ4n) is 6.28. The molecule has 54 heavy (non-hydrogen) atoms. The van der Waals surface area contributed by atoms with E-state index in [1.54, 1.807) is 0 Å². The highest BCUT2D eigenvalue weighted by Crippen LogP contribution is 2.36. The summed E-state index contributed by atoms with van der Waals surface area (Å²) < 4.78 is 26.4. The number of rotatable bonds is 41. The normalized spacial score (nSPS) is 12.7. The van der Waals surface area contributed by atoms with Crippen molar-refractivity contribution in [2.75, 3.05) is 13.2 Å². The Balaban J connectivity index is 3.90. The molecule has 0 aromatic heterocycles. The molecule has 0 saturated heterocycles. The van der Waals surface area contributed by atoms with E-state index in [4.69, 9.17) is 19.3 Å². The van der Waals surface area contributed by atoms with Gasteiger partial charge in [-0.15, -0.1) is 0 Å². The molecule has 9 heteroatoms. The number of carbonyl (C=O) groups excluding carboxylic acids is 2. The molecule has 0 aliphatic carbocycles. The van der Waals surface area contributed by atoms with Gasteiger partial charge in [0.2, 0.25) is 0 Å². The second kappa shape index (κ2) is 40.9. The maximum absolute atomic E-state index is 12.4. The third kappa shape index (κ3) is 43.0. The summed E-state index contributed by atoms with van der Waals surface area (Å²) in [7, 11) is -4.76. The first kappa shape index (κ1) is 52.3. The summed E-state index contributed by atoms with van der Waals surface area (Å²) in [4.78, 5) is 42.9. The summed E-state index contributed by atoms with van der Waals surface area (Å²) in [6, 6.07) is 0. The van der Waals surface area contributed by atoms with Gasteiger partial charge in [-0.25, -0.2) is 4.57 Å². The summed E-state index contributed by atoms with van der Waals surface area (Å²) >= 11 is 0. The van der Waals surface area contributed by atoms with Crippen LogP contribution in [-0.2, 0) is 28.2 Å². The molecule has 0 fully saturated rings. The van der Waals surface area contributed by atoms with Crippen LogP contribution in [0.1, 0.15) is 219 Å². The second-order valence-corrected chi connectivity index (χ2v) is 16.3. The van der Waals surface area contributed by atoms with Gasteiger partial charge >= 0.3 is 19.8 Å². The number of carbonyl (C=O) groups is 2. The molecule has 0 radical (unpaired) electrons. The molecule has 1 atom stereocenters. The van der Waals surface area contributed by atoms with Gasteiger partial charge in [0.05, 0.1) is 6.61 Å². The Morgan fingerprint density at radius 3 is 1.26 bits per heavy atom. The number of allylic oxidation sites excluding steroid dienone is 6. The average Bonchev–Trinajstić information content (AvgIpc) is 3.14. The van der Waals surface area contributed by atoms with Gasteiger partial charge in [-0.2, -0.15) is 0 Å². The molecular formula is C45H83O8P. The maximum atomic E-state index is 12.4. The molecule has 0 heterocycles. The second-order valence-electron chi connectivity index (χ2n) is 15.0. The van der Waals surface area contributed by atoms with E-state index in [1.807, 2.05) is 0 Å². The van der Waals surface area contributed by atoms with Crippen molar-refractivity contribution in [3.63, 3.8) is 0 Å². The summed E-state index contributed by atoms with van der Waals surface area (Å²) in [6.07, 6.45) is 48.6. The van der Waals surface area contributed by atoms with E-state index in [2.05, 4.69) is 54.8 Å². The van der Waals surface area contributed by atoms with E-state index < -0.39 is 32.5 Å². The topological polar surface area (TPSA) is 119 Å². The Hall–Kier alpha value is -1.73. The zero-order valence-corrected chi connectivity index (χ0v) is 35.8. The van der Waals surface area contributed by atoms with Gasteiger partial charge in [0.1, 0.15) is 6.61 Å². The van der Waals surface area contributed by atoms with Crippen molar-refractivity contribution in [1.29, 1.82) is 0 Å². The summed E-state index contributed by atoms with van der Waals surface area (Å²) in [5.41, 5.74) is 0. The molecule has 8 nitrogen and oxygen atoms in total. The van der Waals surface area contributed by atoms with E-state index in [9.17, 15) is 14.2 Å². The van der Waals surface area contributed by atoms with Crippen molar-refractivity contribution in [3.05, 3.63) is 36.5 Å². The molecule has 0 bridgehead atoms. The average molecular weight is 783 g/mol. The van der Waals surface area contributed by atoms with E-state index in [0.717, 1.165) is 64.2 Å². The molecule has 1 unspecified atom stereocenters. The zero-order chi connectivity index (χ0) is 39.6. The highest BCUT2D eigenvalue weighted by molar-refractivity contribution is 7.46. The number of phosphoric acid groups is 1. The van der Waals surface area contributed by atoms with Crippen LogP contribution in [0.15, 0.2) is 36.5 Å². The van der Waals surface area contributed by atoms with Crippen molar-refractivity contribution in [1.82, 2.24) is 0 Å². The molecular weight excluding hydrogens is 699 g/mol. The van der Waals surface area contributed by atoms with Crippen LogP contribution in [0.2, 0.25) is 0 Å². The molecule has 316 valence electrons. The predicted octanol–water partition coefficient (Wildman–Crippen LogP) is 13.7. The lowest BCUT2D eigenvalue weighted by Crippen LogP contribution is -2.29. The SMILES string of the molecule is CCCCCC/C=C\C/C=C\CCCCCCCCCC(=O)OC(COC(=O)CCCCCCCCC/C=C\CCCCCCCCC)COP(=O)(O)O. The van der Waals surface area contributed by atoms with Crippen molar-refractivity contribution in [2.45, 2.75) is 225 Å². The Kier molecular flexibility index (Phi) is 39.6. The number of hydrogen-bond donors (Lipinski definition) is 2. The van der Waals surface area contributed by atoms with Crippen LogP contribution >= 0.6 is 7.82 Å². The molecule has 2 N–H and O–H groups in total. The van der Waals surface area contributed by atoms with Gasteiger partial charge in [-0.05, 0) is 70.6 Å². The quantitative estimate of drug-likeness (QED) is 0.0272. The van der Waals surface area contributed by atoms with Crippen molar-refractivity contribution < 1.29 is 37.9 Å². The zero-order valence-electron chi connectivity index (χ0n) is 34.9. The Labute approximate surface area is 332 Å². The smallest absolute Gasteiger partial charge is 0.462 e. The highest BCUT2D eigenvalue weighted by atomic mass is 31.2. The molecule has 0 spiro atoms. The van der Waals surface area contributed by atoms with Crippen LogP contribution in [0, 0.1) is 0 Å². The van der Waals surface area contributed by atoms with Crippen LogP contribution in [0.25, 0.3) is 0 Å². The van der Waals surface area contributed by atoms with Gasteiger partial charge < -0.3 is 19.3 Å². The minimum Gasteiger partial charge on any atom is -0.462 e. The van der Waals surface area contributed by atoms with E-state index in [0.29, 0.717) is 6.42 Å². The fourth-order valence-corrected chi connectivity index (χ4v) is 6.64. The summed E-state index contributed by atoms with van der Waals surface area (Å²) in [5.74, 6) is -0.893. The number of esters is 2. The van der Waals surface area contributed by atoms with Crippen LogP contribution in [0.5, 0.6) is 0 Å². The van der Waals surface area contributed by atoms with Crippen molar-refractivity contribution in [2.24, 2.45) is 0 Å². The minimum absolute atomic E-state index is 0.203. The molecule has 0 aromatic rings. The van der Waals surface area contributed by atoms with Gasteiger partial charge in [0.25, 0.3) is 0 Å². The van der Waals surface area contributed by atoms with Crippen LogP contribution in [0.3, 0.4) is 0 Å². The van der Waals surface area contributed by atoms with Crippen LogP contribution < -0.4 is 0 Å². The van der Waals surface area contributed by atoms with Crippen LogP contribution in [-0.4, -0.2) is 41.0 Å². The third-order valence-electron chi connectivity index (χ3n) is 9.63. The number of phosphoric ester groups is 1. The Bertz CT molecular complexity index is 973. The lowest BCUT2D eigenvalue weighted by atomic mass is 10.1. The molecule has 0 aromatic carbocycles. The van der Waals surface area contributed by atoms with Crippen LogP contribution in [0.4, 0.5) is 0 Å². The standard InChI is InChI=1S/C45H83O8P/c1-3-5-7-9-11-13-15-17-19-21-23-25-27-29-31-33-35-37-39-44(46)51-41-43(42-52-54(48,49)50)53-45(47)40-38-36-34-32-30-28-26-24-22-20-18-16-14-12-10-8-6-4-2/h14,16,19-22,43H,3-13,15,17-18,23-42H2,1-2H3,(H2,48,49,50)/b16-14-,21-19-,22-20-. The van der Waals surface area contributed by atoms with E-state index in [-0.39, 0.29) is 19.4 Å². The van der Waals surface area contributed by atoms with Crippen molar-refractivity contribution >= 4 is 19.8 Å². The molecule has 0 aliphatic heterocycles. The summed E-state index contributed by atoms with van der Waals surface area (Å²) in [5, 5.41) is 0. The fraction of sp³-hybridized carbons (Fsp3) is 0.822. The van der Waals surface area contributed by atoms with Gasteiger partial charge in [0, 0.05) is 12.8 Å².